The minimum atomic E-state index is -0.560. The number of fused-ring (bicyclic) bond motifs is 1. The molecule has 1 heterocycles. The third-order valence-electron chi connectivity index (χ3n) is 4.02. The number of benzene rings is 2. The Kier molecular flexibility index (Phi) is 4.34. The normalized spacial score (nSPS) is 13.3. The quantitative estimate of drug-likeness (QED) is 0.937. The lowest BCUT2D eigenvalue weighted by Crippen LogP contribution is -2.41. The van der Waals surface area contributed by atoms with Gasteiger partial charge in [0.15, 0.2) is 11.5 Å². The van der Waals surface area contributed by atoms with Crippen molar-refractivity contribution < 1.29 is 19.0 Å². The number of ether oxygens (including phenoxy) is 3. The molecular weight excluding hydrogens is 306 g/mol. The highest BCUT2D eigenvalue weighted by Gasteiger charge is 2.25. The maximum atomic E-state index is 12.6. The highest BCUT2D eigenvalue weighted by molar-refractivity contribution is 5.95. The molecule has 0 fully saturated rings. The first-order valence-corrected chi connectivity index (χ1v) is 7.86. The van der Waals surface area contributed by atoms with Gasteiger partial charge in [-0.25, -0.2) is 0 Å². The molecule has 2 aromatic rings. The Bertz CT molecular complexity index is 755. The van der Waals surface area contributed by atoms with Crippen LogP contribution in [0.4, 0.5) is 0 Å². The first-order valence-electron chi connectivity index (χ1n) is 7.86. The molecular formula is C19H21NO4. The molecule has 0 spiro atoms. The van der Waals surface area contributed by atoms with Crippen LogP contribution in [0.3, 0.4) is 0 Å². The van der Waals surface area contributed by atoms with Crippen molar-refractivity contribution in [3.05, 3.63) is 53.6 Å². The van der Waals surface area contributed by atoms with Gasteiger partial charge in [0.1, 0.15) is 19.0 Å². The van der Waals surface area contributed by atoms with E-state index in [1.54, 1.807) is 25.3 Å². The van der Waals surface area contributed by atoms with Crippen LogP contribution in [0.2, 0.25) is 0 Å². The molecule has 0 bridgehead atoms. The smallest absolute Gasteiger partial charge is 0.252 e. The monoisotopic (exact) mass is 327 g/mol. The Hall–Kier alpha value is -2.69. The third-order valence-corrected chi connectivity index (χ3v) is 4.02. The van der Waals surface area contributed by atoms with Crippen molar-refractivity contribution >= 4 is 5.91 Å². The molecule has 0 atom stereocenters. The van der Waals surface area contributed by atoms with Gasteiger partial charge in [0.2, 0.25) is 0 Å². The first kappa shape index (κ1) is 16.2. The molecule has 1 aliphatic heterocycles. The number of methoxy groups -OCH3 is 1. The van der Waals surface area contributed by atoms with E-state index < -0.39 is 5.54 Å². The lowest BCUT2D eigenvalue weighted by Gasteiger charge is -2.29. The highest BCUT2D eigenvalue weighted by atomic mass is 16.6. The number of carbonyl (C=O) groups excluding carboxylic acids is 1. The Balaban J connectivity index is 1.81. The minimum absolute atomic E-state index is 0.159. The van der Waals surface area contributed by atoms with E-state index >= 15 is 0 Å². The van der Waals surface area contributed by atoms with Crippen molar-refractivity contribution in [2.24, 2.45) is 0 Å². The summed E-state index contributed by atoms with van der Waals surface area (Å²) < 4.78 is 16.3. The second kappa shape index (κ2) is 6.43. The molecule has 2 aromatic carbocycles. The van der Waals surface area contributed by atoms with E-state index in [4.69, 9.17) is 14.2 Å². The summed E-state index contributed by atoms with van der Waals surface area (Å²) in [6.45, 7) is 5.00. The van der Waals surface area contributed by atoms with Gasteiger partial charge in [-0.3, -0.25) is 4.79 Å². The number of nitrogens with one attached hydrogen (secondary N) is 1. The van der Waals surface area contributed by atoms with E-state index in [2.05, 4.69) is 5.32 Å². The van der Waals surface area contributed by atoms with Crippen molar-refractivity contribution in [3.63, 3.8) is 0 Å². The summed E-state index contributed by atoms with van der Waals surface area (Å²) >= 11 is 0. The van der Waals surface area contributed by atoms with Crippen LogP contribution >= 0.6 is 0 Å². The summed E-state index contributed by atoms with van der Waals surface area (Å²) in [7, 11) is 1.58. The van der Waals surface area contributed by atoms with E-state index in [1.165, 1.54) is 0 Å². The molecule has 0 radical (unpaired) electrons. The zero-order valence-electron chi connectivity index (χ0n) is 14.1. The van der Waals surface area contributed by atoms with Crippen LogP contribution in [-0.4, -0.2) is 26.2 Å². The number of carbonyl (C=O) groups is 1. The highest BCUT2D eigenvalue weighted by Crippen LogP contribution is 2.34. The fourth-order valence-corrected chi connectivity index (χ4v) is 2.62. The number of rotatable bonds is 4. The number of hydrogen-bond donors (Lipinski definition) is 1. The van der Waals surface area contributed by atoms with Gasteiger partial charge in [0.25, 0.3) is 5.91 Å². The molecule has 5 nitrogen and oxygen atoms in total. The van der Waals surface area contributed by atoms with Crippen LogP contribution in [0.5, 0.6) is 17.2 Å². The Morgan fingerprint density at radius 2 is 1.83 bits per heavy atom. The summed E-state index contributed by atoms with van der Waals surface area (Å²) in [6.07, 6.45) is 0. The summed E-state index contributed by atoms with van der Waals surface area (Å²) in [5.41, 5.74) is 0.943. The minimum Gasteiger partial charge on any atom is -0.497 e. The SMILES string of the molecule is COc1cccc(C(=O)NC(C)(C)c2ccc3c(c2)OCCO3)c1. The average molecular weight is 327 g/mol. The summed E-state index contributed by atoms with van der Waals surface area (Å²) in [5, 5.41) is 3.06. The van der Waals surface area contributed by atoms with Crippen LogP contribution in [0.25, 0.3) is 0 Å². The predicted molar refractivity (Wildman–Crippen MR) is 90.9 cm³/mol. The van der Waals surface area contributed by atoms with E-state index in [0.717, 1.165) is 11.3 Å². The first-order chi connectivity index (χ1) is 11.5. The van der Waals surface area contributed by atoms with Gasteiger partial charge in [-0.15, -0.1) is 0 Å². The summed E-state index contributed by atoms with van der Waals surface area (Å²) in [6, 6.07) is 12.8. The predicted octanol–water partition coefficient (Wildman–Crippen LogP) is 3.13. The Morgan fingerprint density at radius 3 is 2.58 bits per heavy atom. The molecule has 0 aromatic heterocycles. The van der Waals surface area contributed by atoms with Gasteiger partial charge < -0.3 is 19.5 Å². The fourth-order valence-electron chi connectivity index (χ4n) is 2.62. The zero-order chi connectivity index (χ0) is 17.2. The molecule has 1 aliphatic rings. The molecule has 1 N–H and O–H groups in total. The lowest BCUT2D eigenvalue weighted by molar-refractivity contribution is 0.0911. The molecule has 5 heteroatoms. The fraction of sp³-hybridized carbons (Fsp3) is 0.316. The second-order valence-electron chi connectivity index (χ2n) is 6.17. The molecule has 0 saturated carbocycles. The van der Waals surface area contributed by atoms with Gasteiger partial charge in [-0.2, -0.15) is 0 Å². The molecule has 0 unspecified atom stereocenters. The van der Waals surface area contributed by atoms with Crippen LogP contribution < -0.4 is 19.5 Å². The van der Waals surface area contributed by atoms with E-state index in [1.807, 2.05) is 38.1 Å². The maximum absolute atomic E-state index is 12.6. The average Bonchev–Trinajstić information content (AvgIpc) is 2.61. The van der Waals surface area contributed by atoms with Crippen molar-refractivity contribution in [2.45, 2.75) is 19.4 Å². The van der Waals surface area contributed by atoms with Crippen molar-refractivity contribution in [1.29, 1.82) is 0 Å². The van der Waals surface area contributed by atoms with Crippen molar-refractivity contribution in [2.75, 3.05) is 20.3 Å². The Morgan fingerprint density at radius 1 is 1.08 bits per heavy atom. The molecule has 1 amide bonds. The number of hydrogen-bond acceptors (Lipinski definition) is 4. The van der Waals surface area contributed by atoms with Crippen LogP contribution in [0.15, 0.2) is 42.5 Å². The lowest BCUT2D eigenvalue weighted by atomic mass is 9.93. The van der Waals surface area contributed by atoms with Crippen LogP contribution in [0, 0.1) is 0 Å². The van der Waals surface area contributed by atoms with Crippen LogP contribution in [0.1, 0.15) is 29.8 Å². The zero-order valence-corrected chi connectivity index (χ0v) is 14.1. The molecule has 126 valence electrons. The number of amides is 1. The van der Waals surface area contributed by atoms with E-state index in [-0.39, 0.29) is 5.91 Å². The van der Waals surface area contributed by atoms with Gasteiger partial charge in [-0.05, 0) is 49.7 Å². The van der Waals surface area contributed by atoms with Gasteiger partial charge in [-0.1, -0.05) is 12.1 Å². The molecule has 24 heavy (non-hydrogen) atoms. The Labute approximate surface area is 141 Å². The summed E-state index contributed by atoms with van der Waals surface area (Å²) in [5.74, 6) is 1.94. The standard InChI is InChI=1S/C19H21NO4/c1-19(2,14-7-8-16-17(12-14)24-10-9-23-16)20-18(21)13-5-4-6-15(11-13)22-3/h4-8,11-12H,9-10H2,1-3H3,(H,20,21). The third kappa shape index (κ3) is 3.30. The van der Waals surface area contributed by atoms with Crippen molar-refractivity contribution in [3.8, 4) is 17.2 Å². The van der Waals surface area contributed by atoms with E-state index in [0.29, 0.717) is 30.3 Å². The molecule has 0 saturated heterocycles. The largest absolute Gasteiger partial charge is 0.497 e. The van der Waals surface area contributed by atoms with Crippen LogP contribution in [-0.2, 0) is 5.54 Å². The molecule has 0 aliphatic carbocycles. The van der Waals surface area contributed by atoms with Crippen molar-refractivity contribution in [1.82, 2.24) is 5.32 Å². The van der Waals surface area contributed by atoms with Gasteiger partial charge >= 0.3 is 0 Å². The maximum Gasteiger partial charge on any atom is 0.252 e. The van der Waals surface area contributed by atoms with E-state index in [9.17, 15) is 4.79 Å². The van der Waals surface area contributed by atoms with Gasteiger partial charge in [0.05, 0.1) is 12.6 Å². The topological polar surface area (TPSA) is 56.8 Å². The molecule has 3 rings (SSSR count). The van der Waals surface area contributed by atoms with Gasteiger partial charge in [0, 0.05) is 5.56 Å². The second-order valence-corrected chi connectivity index (χ2v) is 6.17. The summed E-state index contributed by atoms with van der Waals surface area (Å²) in [4.78, 5) is 12.6.